The molecule has 1 aromatic carbocycles. The molecule has 1 aromatic heterocycles. The van der Waals surface area contributed by atoms with Crippen LogP contribution in [0.3, 0.4) is 0 Å². The number of carbonyl (C=O) groups excluding carboxylic acids is 2. The van der Waals surface area contributed by atoms with Crippen molar-refractivity contribution in [2.75, 3.05) is 25.0 Å². The van der Waals surface area contributed by atoms with E-state index in [0.717, 1.165) is 23.7 Å². The molecule has 0 unspecified atom stereocenters. The molecule has 2 aromatic rings. The van der Waals surface area contributed by atoms with Gasteiger partial charge in [0.1, 0.15) is 5.76 Å². The third-order valence-electron chi connectivity index (χ3n) is 5.08. The number of fused-ring (bicyclic) bond motifs is 1. The zero-order valence-corrected chi connectivity index (χ0v) is 16.1. The van der Waals surface area contributed by atoms with Gasteiger partial charge in [-0.25, -0.2) is 0 Å². The minimum atomic E-state index is -0.147. The lowest BCUT2D eigenvalue weighted by Crippen LogP contribution is -2.36. The van der Waals surface area contributed by atoms with Crippen LogP contribution >= 0.6 is 11.8 Å². The Hall–Kier alpha value is -2.25. The van der Waals surface area contributed by atoms with Gasteiger partial charge in [0.05, 0.1) is 23.2 Å². The van der Waals surface area contributed by atoms with Crippen LogP contribution in [0.2, 0.25) is 0 Å². The van der Waals surface area contributed by atoms with Crippen LogP contribution < -0.4 is 10.6 Å². The van der Waals surface area contributed by atoms with Gasteiger partial charge < -0.3 is 15.1 Å². The van der Waals surface area contributed by atoms with Crippen molar-refractivity contribution in [2.24, 2.45) is 0 Å². The predicted octanol–water partition coefficient (Wildman–Crippen LogP) is 3.28. The third kappa shape index (κ3) is 3.89. The molecule has 27 heavy (non-hydrogen) atoms. The number of hydrogen-bond donors (Lipinski definition) is 2. The van der Waals surface area contributed by atoms with E-state index in [0.29, 0.717) is 17.8 Å². The van der Waals surface area contributed by atoms with Gasteiger partial charge in [-0.05, 0) is 63.2 Å². The molecule has 0 aliphatic carbocycles. The van der Waals surface area contributed by atoms with Crippen LogP contribution in [0.1, 0.15) is 41.9 Å². The van der Waals surface area contributed by atoms with Gasteiger partial charge in [-0.1, -0.05) is 0 Å². The largest absolute Gasteiger partial charge is 0.468 e. The second-order valence-electron chi connectivity index (χ2n) is 6.94. The minimum Gasteiger partial charge on any atom is -0.468 e. The van der Waals surface area contributed by atoms with E-state index >= 15 is 0 Å². The lowest BCUT2D eigenvalue weighted by atomic mass is 10.1. The number of furan rings is 1. The second-order valence-corrected chi connectivity index (χ2v) is 8.33. The van der Waals surface area contributed by atoms with E-state index in [-0.39, 0.29) is 23.1 Å². The summed E-state index contributed by atoms with van der Waals surface area (Å²) in [4.78, 5) is 27.9. The molecule has 2 aliphatic heterocycles. The minimum absolute atomic E-state index is 0.0306. The van der Waals surface area contributed by atoms with Crippen LogP contribution in [-0.2, 0) is 4.79 Å². The summed E-state index contributed by atoms with van der Waals surface area (Å²) in [5, 5.41) is 5.79. The number of thioether (sulfide) groups is 1. The highest BCUT2D eigenvalue weighted by Crippen LogP contribution is 2.36. The molecule has 0 bridgehead atoms. The Morgan fingerprint density at radius 3 is 2.93 bits per heavy atom. The fourth-order valence-corrected chi connectivity index (χ4v) is 4.52. The number of amides is 2. The molecule has 7 heteroatoms. The summed E-state index contributed by atoms with van der Waals surface area (Å²) in [6, 6.07) is 9.34. The molecule has 1 fully saturated rings. The molecular formula is C20H23N3O3S. The molecule has 142 valence electrons. The second kappa shape index (κ2) is 7.78. The Morgan fingerprint density at radius 2 is 2.19 bits per heavy atom. The Kier molecular flexibility index (Phi) is 5.22. The van der Waals surface area contributed by atoms with E-state index in [4.69, 9.17) is 4.42 Å². The molecule has 1 saturated heterocycles. The standard InChI is InChI=1S/C20H23N3O3S/c1-13-19(24)22-15-11-14(6-7-18(15)27-13)20(25)21-12-16(17-5-4-10-26-17)23-8-2-3-9-23/h4-7,10-11,13,16H,2-3,8-9,12H2,1H3,(H,21,25)(H,22,24)/t13-,16+/m1/s1. The molecule has 0 saturated carbocycles. The normalized spacial score (nSPS) is 20.8. The smallest absolute Gasteiger partial charge is 0.251 e. The highest BCUT2D eigenvalue weighted by molar-refractivity contribution is 8.00. The van der Waals surface area contributed by atoms with Crippen molar-refractivity contribution in [3.63, 3.8) is 0 Å². The monoisotopic (exact) mass is 385 g/mol. The van der Waals surface area contributed by atoms with Crippen LogP contribution in [0.5, 0.6) is 0 Å². The maximum Gasteiger partial charge on any atom is 0.251 e. The van der Waals surface area contributed by atoms with E-state index in [2.05, 4.69) is 15.5 Å². The number of likely N-dealkylation sites (tertiary alicyclic amines) is 1. The lowest BCUT2D eigenvalue weighted by molar-refractivity contribution is -0.115. The molecule has 0 spiro atoms. The maximum atomic E-state index is 12.7. The predicted molar refractivity (Wildman–Crippen MR) is 105 cm³/mol. The Labute approximate surface area is 162 Å². The zero-order chi connectivity index (χ0) is 18.8. The SMILES string of the molecule is C[C@H]1Sc2ccc(C(=O)NC[C@@H](c3ccco3)N3CCCC3)cc2NC1=O. The molecule has 2 atom stereocenters. The summed E-state index contributed by atoms with van der Waals surface area (Å²) in [5.41, 5.74) is 1.25. The number of benzene rings is 1. The first-order valence-corrected chi connectivity index (χ1v) is 10.2. The Morgan fingerprint density at radius 1 is 1.37 bits per heavy atom. The molecule has 6 nitrogen and oxygen atoms in total. The van der Waals surface area contributed by atoms with Crippen molar-refractivity contribution in [1.82, 2.24) is 10.2 Å². The fourth-order valence-electron chi connectivity index (χ4n) is 3.59. The number of rotatable bonds is 5. The van der Waals surface area contributed by atoms with E-state index in [1.165, 1.54) is 24.6 Å². The van der Waals surface area contributed by atoms with Gasteiger partial charge in [0.25, 0.3) is 5.91 Å². The van der Waals surface area contributed by atoms with Crippen molar-refractivity contribution >= 4 is 29.3 Å². The van der Waals surface area contributed by atoms with Gasteiger partial charge in [-0.2, -0.15) is 0 Å². The molecule has 0 radical (unpaired) electrons. The number of anilines is 1. The third-order valence-corrected chi connectivity index (χ3v) is 6.26. The van der Waals surface area contributed by atoms with Crippen molar-refractivity contribution in [3.8, 4) is 0 Å². The van der Waals surface area contributed by atoms with Crippen molar-refractivity contribution < 1.29 is 14.0 Å². The Bertz CT molecular complexity index is 831. The van der Waals surface area contributed by atoms with Gasteiger partial charge in [0.2, 0.25) is 5.91 Å². The average Bonchev–Trinajstić information content (AvgIpc) is 3.37. The van der Waals surface area contributed by atoms with Crippen molar-refractivity contribution in [2.45, 2.75) is 36.0 Å². The summed E-state index contributed by atoms with van der Waals surface area (Å²) >= 11 is 1.51. The van der Waals surface area contributed by atoms with Crippen LogP contribution in [-0.4, -0.2) is 41.6 Å². The van der Waals surface area contributed by atoms with Gasteiger partial charge in [0, 0.05) is 17.0 Å². The van der Waals surface area contributed by atoms with Gasteiger partial charge in [-0.15, -0.1) is 11.8 Å². The average molecular weight is 385 g/mol. The van der Waals surface area contributed by atoms with E-state index in [9.17, 15) is 9.59 Å². The molecule has 2 aliphatic rings. The number of nitrogens with one attached hydrogen (secondary N) is 2. The van der Waals surface area contributed by atoms with Crippen molar-refractivity contribution in [3.05, 3.63) is 47.9 Å². The van der Waals surface area contributed by atoms with E-state index < -0.39 is 0 Å². The number of nitrogens with zero attached hydrogens (tertiary/aromatic N) is 1. The Balaban J connectivity index is 1.45. The zero-order valence-electron chi connectivity index (χ0n) is 15.2. The highest BCUT2D eigenvalue weighted by atomic mass is 32.2. The summed E-state index contributed by atoms with van der Waals surface area (Å²) < 4.78 is 5.60. The van der Waals surface area contributed by atoms with E-state index in [1.807, 2.05) is 31.2 Å². The quantitative estimate of drug-likeness (QED) is 0.826. The first-order chi connectivity index (χ1) is 13.1. The summed E-state index contributed by atoms with van der Waals surface area (Å²) in [6.07, 6.45) is 4.02. The van der Waals surface area contributed by atoms with Crippen LogP contribution in [0.4, 0.5) is 5.69 Å². The molecule has 3 heterocycles. The summed E-state index contributed by atoms with van der Waals surface area (Å²) in [6.45, 7) is 4.39. The summed E-state index contributed by atoms with van der Waals surface area (Å²) in [5.74, 6) is 0.698. The van der Waals surface area contributed by atoms with Gasteiger partial charge >= 0.3 is 0 Å². The maximum absolute atomic E-state index is 12.7. The van der Waals surface area contributed by atoms with Gasteiger partial charge in [-0.3, -0.25) is 14.5 Å². The first-order valence-electron chi connectivity index (χ1n) is 9.29. The van der Waals surface area contributed by atoms with E-state index in [1.54, 1.807) is 12.3 Å². The van der Waals surface area contributed by atoms with Gasteiger partial charge in [0.15, 0.2) is 0 Å². The highest BCUT2D eigenvalue weighted by Gasteiger charge is 2.27. The number of hydrogen-bond acceptors (Lipinski definition) is 5. The topological polar surface area (TPSA) is 74.6 Å². The first kappa shape index (κ1) is 18.1. The molecular weight excluding hydrogens is 362 g/mol. The summed E-state index contributed by atoms with van der Waals surface area (Å²) in [7, 11) is 0. The van der Waals surface area contributed by atoms with Crippen LogP contribution in [0.25, 0.3) is 0 Å². The lowest BCUT2D eigenvalue weighted by Gasteiger charge is -2.26. The molecule has 2 amide bonds. The fraction of sp³-hybridized carbons (Fsp3) is 0.400. The molecule has 4 rings (SSSR count). The molecule has 2 N–H and O–H groups in total. The van der Waals surface area contributed by atoms with Crippen molar-refractivity contribution in [1.29, 1.82) is 0 Å². The van der Waals surface area contributed by atoms with Crippen LogP contribution in [0, 0.1) is 0 Å². The number of carbonyl (C=O) groups is 2. The van der Waals surface area contributed by atoms with Crippen LogP contribution in [0.15, 0.2) is 45.9 Å².